The second-order valence-electron chi connectivity index (χ2n) is 5.93. The van der Waals surface area contributed by atoms with Crippen LogP contribution in [0.3, 0.4) is 0 Å². The van der Waals surface area contributed by atoms with Crippen LogP contribution in [0.15, 0.2) is 54.7 Å². The van der Waals surface area contributed by atoms with E-state index < -0.39 is 5.97 Å². The molecular formula is C21H15N2O3. The third-order valence-corrected chi connectivity index (χ3v) is 4.43. The summed E-state index contributed by atoms with van der Waals surface area (Å²) in [4.78, 5) is 30.5. The van der Waals surface area contributed by atoms with Crippen LogP contribution in [0.2, 0.25) is 0 Å². The fraction of sp³-hybridized carbons (Fsp3) is 0.0476. The molecule has 0 aliphatic heterocycles. The molecule has 127 valence electrons. The Morgan fingerprint density at radius 2 is 1.92 bits per heavy atom. The van der Waals surface area contributed by atoms with Crippen molar-refractivity contribution in [2.75, 3.05) is 0 Å². The van der Waals surface area contributed by atoms with Crippen LogP contribution in [0.1, 0.15) is 22.3 Å². The summed E-state index contributed by atoms with van der Waals surface area (Å²) in [5.74, 6) is -1.03. The molecule has 2 N–H and O–H groups in total. The third-order valence-electron chi connectivity index (χ3n) is 4.43. The first-order valence-corrected chi connectivity index (χ1v) is 8.19. The number of carbonyl (C=O) groups excluding carboxylic acids is 1. The molecule has 0 saturated heterocycles. The van der Waals surface area contributed by atoms with E-state index >= 15 is 0 Å². The number of nitrogens with one attached hydrogen (secondary N) is 1. The van der Waals surface area contributed by atoms with Crippen LogP contribution in [0, 0.1) is 6.42 Å². The lowest BCUT2D eigenvalue weighted by Gasteiger charge is -2.12. The number of carbonyl (C=O) groups is 2. The topological polar surface area (TPSA) is 83.1 Å². The lowest BCUT2D eigenvalue weighted by molar-refractivity contribution is -0.107. The number of para-hydroxylation sites is 1. The molecule has 5 heteroatoms. The van der Waals surface area contributed by atoms with Gasteiger partial charge in [0.15, 0.2) is 0 Å². The Kier molecular flexibility index (Phi) is 3.97. The Hall–Kier alpha value is -3.47. The standard InChI is InChI=1S/C21H15N2O3/c24-12-4-6-13-5-3-8-16(21(25)26)18(13)20-19-15(10-11-22-20)14-7-1-2-9-17(14)23-19/h1-3,5-12,23H,4H2,(H,25,26). The average molecular weight is 343 g/mol. The summed E-state index contributed by atoms with van der Waals surface area (Å²) >= 11 is 0. The van der Waals surface area contributed by atoms with Gasteiger partial charge in [-0.3, -0.25) is 4.98 Å². The van der Waals surface area contributed by atoms with E-state index in [9.17, 15) is 14.7 Å². The quantitative estimate of drug-likeness (QED) is 0.531. The largest absolute Gasteiger partial charge is 0.478 e. The molecule has 0 aliphatic rings. The van der Waals surface area contributed by atoms with Crippen LogP contribution in [-0.4, -0.2) is 27.3 Å². The van der Waals surface area contributed by atoms with Crippen LogP contribution in [0.25, 0.3) is 33.1 Å². The Balaban J connectivity index is 2.06. The van der Waals surface area contributed by atoms with E-state index in [2.05, 4.69) is 9.97 Å². The van der Waals surface area contributed by atoms with Crippen molar-refractivity contribution in [3.63, 3.8) is 0 Å². The molecular weight excluding hydrogens is 328 g/mol. The van der Waals surface area contributed by atoms with E-state index in [0.29, 0.717) is 16.8 Å². The number of carboxylic acid groups (broad SMARTS) is 1. The van der Waals surface area contributed by atoms with Gasteiger partial charge in [-0.1, -0.05) is 30.3 Å². The van der Waals surface area contributed by atoms with Crippen molar-refractivity contribution in [1.82, 2.24) is 9.97 Å². The minimum Gasteiger partial charge on any atom is -0.478 e. The number of aromatic amines is 1. The van der Waals surface area contributed by atoms with Gasteiger partial charge in [0.2, 0.25) is 0 Å². The fourth-order valence-electron chi connectivity index (χ4n) is 3.32. The van der Waals surface area contributed by atoms with Crippen LogP contribution in [-0.2, 0) is 4.79 Å². The predicted octanol–water partition coefficient (Wildman–Crippen LogP) is 4.22. The second kappa shape index (κ2) is 6.44. The monoisotopic (exact) mass is 343 g/mol. The molecule has 26 heavy (non-hydrogen) atoms. The molecule has 4 rings (SSSR count). The van der Waals surface area contributed by atoms with E-state index in [1.54, 1.807) is 30.8 Å². The smallest absolute Gasteiger partial charge is 0.336 e. The lowest BCUT2D eigenvalue weighted by Crippen LogP contribution is -2.04. The molecule has 1 radical (unpaired) electrons. The maximum absolute atomic E-state index is 11.8. The molecule has 5 nitrogen and oxygen atoms in total. The highest BCUT2D eigenvalue weighted by atomic mass is 16.4. The number of aromatic carboxylic acids is 1. The molecule has 0 aliphatic carbocycles. The van der Waals surface area contributed by atoms with Crippen molar-refractivity contribution in [2.24, 2.45) is 0 Å². The average Bonchev–Trinajstić information content (AvgIpc) is 3.05. The van der Waals surface area contributed by atoms with Crippen LogP contribution >= 0.6 is 0 Å². The minimum atomic E-state index is -1.03. The summed E-state index contributed by atoms with van der Waals surface area (Å²) < 4.78 is 0. The minimum absolute atomic E-state index is 0.156. The van der Waals surface area contributed by atoms with Crippen LogP contribution < -0.4 is 0 Å². The highest BCUT2D eigenvalue weighted by Crippen LogP contribution is 2.35. The number of hydrogen-bond donors (Lipinski definition) is 2. The summed E-state index contributed by atoms with van der Waals surface area (Å²) in [5, 5.41) is 11.7. The summed E-state index contributed by atoms with van der Waals surface area (Å²) in [5.41, 5.74) is 3.65. The molecule has 0 spiro atoms. The maximum Gasteiger partial charge on any atom is 0.336 e. The van der Waals surface area contributed by atoms with E-state index in [1.165, 1.54) is 0 Å². The van der Waals surface area contributed by atoms with Gasteiger partial charge in [-0.15, -0.1) is 0 Å². The number of fused-ring (bicyclic) bond motifs is 3. The molecule has 0 unspecified atom stereocenters. The fourth-order valence-corrected chi connectivity index (χ4v) is 3.32. The molecule has 0 atom stereocenters. The van der Waals surface area contributed by atoms with Gasteiger partial charge in [0, 0.05) is 34.5 Å². The number of carboxylic acids is 1. The van der Waals surface area contributed by atoms with E-state index in [-0.39, 0.29) is 12.0 Å². The van der Waals surface area contributed by atoms with Crippen LogP contribution in [0.4, 0.5) is 0 Å². The van der Waals surface area contributed by atoms with Gasteiger partial charge in [0.1, 0.15) is 6.29 Å². The van der Waals surface area contributed by atoms with E-state index in [4.69, 9.17) is 0 Å². The van der Waals surface area contributed by atoms with Gasteiger partial charge in [-0.05, 0) is 30.2 Å². The van der Waals surface area contributed by atoms with E-state index in [1.807, 2.05) is 30.3 Å². The zero-order chi connectivity index (χ0) is 18.1. The van der Waals surface area contributed by atoms with Gasteiger partial charge < -0.3 is 14.9 Å². The van der Waals surface area contributed by atoms with Crippen molar-refractivity contribution < 1.29 is 14.7 Å². The van der Waals surface area contributed by atoms with Gasteiger partial charge >= 0.3 is 5.97 Å². The summed E-state index contributed by atoms with van der Waals surface area (Å²) in [7, 11) is 0. The summed E-state index contributed by atoms with van der Waals surface area (Å²) in [6.45, 7) is 0. The first kappa shape index (κ1) is 16.0. The number of benzene rings is 2. The van der Waals surface area contributed by atoms with Gasteiger partial charge in [-0.2, -0.15) is 0 Å². The zero-order valence-corrected chi connectivity index (χ0v) is 13.8. The Morgan fingerprint density at radius 1 is 1.08 bits per heavy atom. The molecule has 0 bridgehead atoms. The molecule has 0 amide bonds. The Morgan fingerprint density at radius 3 is 2.73 bits per heavy atom. The van der Waals surface area contributed by atoms with Gasteiger partial charge in [0.25, 0.3) is 0 Å². The third kappa shape index (κ3) is 2.54. The molecule has 0 saturated carbocycles. The number of nitrogens with zero attached hydrogens (tertiary/aromatic N) is 1. The molecule has 2 heterocycles. The van der Waals surface area contributed by atoms with E-state index in [0.717, 1.165) is 28.1 Å². The molecule has 4 aromatic rings. The molecule has 0 fully saturated rings. The van der Waals surface area contributed by atoms with Crippen molar-refractivity contribution in [3.8, 4) is 11.3 Å². The predicted molar refractivity (Wildman–Crippen MR) is 100 cm³/mol. The Labute approximate surface area is 149 Å². The summed E-state index contributed by atoms with van der Waals surface area (Å²) in [6.07, 6.45) is 4.39. The highest BCUT2D eigenvalue weighted by molar-refractivity contribution is 6.12. The molecule has 2 aromatic heterocycles. The summed E-state index contributed by atoms with van der Waals surface area (Å²) in [6, 6.07) is 14.8. The SMILES string of the molecule is O=CC[CH]c1cccc(C(=O)O)c1-c1nccc2c1[nH]c1ccccc12. The second-order valence-corrected chi connectivity index (χ2v) is 5.93. The normalized spacial score (nSPS) is 11.1. The number of aldehydes is 1. The lowest BCUT2D eigenvalue weighted by atomic mass is 9.94. The maximum atomic E-state index is 11.8. The van der Waals surface area contributed by atoms with Crippen LogP contribution in [0.5, 0.6) is 0 Å². The first-order chi connectivity index (χ1) is 12.7. The number of rotatable bonds is 5. The van der Waals surface area contributed by atoms with Crippen molar-refractivity contribution >= 4 is 34.1 Å². The number of hydrogen-bond acceptors (Lipinski definition) is 3. The van der Waals surface area contributed by atoms with Crippen molar-refractivity contribution in [2.45, 2.75) is 6.42 Å². The first-order valence-electron chi connectivity index (χ1n) is 8.19. The van der Waals surface area contributed by atoms with Gasteiger partial charge in [-0.25, -0.2) is 4.79 Å². The zero-order valence-electron chi connectivity index (χ0n) is 13.8. The Bertz CT molecular complexity index is 1140. The van der Waals surface area contributed by atoms with Crippen molar-refractivity contribution in [1.29, 1.82) is 0 Å². The number of aromatic nitrogens is 2. The van der Waals surface area contributed by atoms with Crippen molar-refractivity contribution in [3.05, 3.63) is 72.3 Å². The van der Waals surface area contributed by atoms with Gasteiger partial charge in [0.05, 0.1) is 16.8 Å². The highest BCUT2D eigenvalue weighted by Gasteiger charge is 2.20. The number of pyridine rings is 1. The number of H-pyrrole nitrogens is 1. The molecule has 2 aromatic carbocycles.